The van der Waals surface area contributed by atoms with E-state index in [9.17, 15) is 13.2 Å². The second kappa shape index (κ2) is 7.62. The summed E-state index contributed by atoms with van der Waals surface area (Å²) < 4.78 is 30.7. The summed E-state index contributed by atoms with van der Waals surface area (Å²) in [5.41, 5.74) is 3.19. The molecule has 1 saturated heterocycles. The van der Waals surface area contributed by atoms with Crippen molar-refractivity contribution < 1.29 is 13.2 Å². The number of carbonyl (C=O) groups excluding carboxylic acids is 1. The van der Waals surface area contributed by atoms with Gasteiger partial charge < -0.3 is 9.47 Å². The monoisotopic (exact) mass is 403 g/mol. The first kappa shape index (κ1) is 20.5. The molecular formula is C21H29N3O3S. The van der Waals surface area contributed by atoms with Crippen molar-refractivity contribution in [1.82, 2.24) is 9.47 Å². The summed E-state index contributed by atoms with van der Waals surface area (Å²) >= 11 is 0. The van der Waals surface area contributed by atoms with Crippen molar-refractivity contribution in [2.45, 2.75) is 45.4 Å². The number of anilines is 1. The molecule has 152 valence electrons. The molecule has 28 heavy (non-hydrogen) atoms. The Morgan fingerprint density at radius 2 is 1.75 bits per heavy atom. The van der Waals surface area contributed by atoms with Crippen molar-refractivity contribution in [3.05, 3.63) is 46.8 Å². The minimum atomic E-state index is -3.89. The first-order chi connectivity index (χ1) is 13.2. The number of sulfonamides is 1. The standard InChI is InChI=1S/C21H29N3O3S/c1-6-24(18-11-9-10-15(2)14-18)28(26,27)20-17(4)22(5)16(3)19(20)21(25)23-12-7-8-13-23/h9-11,14H,6-8,12-13H2,1-5H3. The molecule has 0 bridgehead atoms. The molecule has 1 fully saturated rings. The SMILES string of the molecule is CCN(c1cccc(C)c1)S(=O)(=O)c1c(C(=O)N2CCCC2)c(C)n(C)c1C. The topological polar surface area (TPSA) is 62.6 Å². The van der Waals surface area contributed by atoms with Gasteiger partial charge in [-0.25, -0.2) is 8.42 Å². The molecule has 0 saturated carbocycles. The van der Waals surface area contributed by atoms with Crippen molar-refractivity contribution in [2.24, 2.45) is 7.05 Å². The van der Waals surface area contributed by atoms with Gasteiger partial charge in [0.1, 0.15) is 4.90 Å². The van der Waals surface area contributed by atoms with E-state index < -0.39 is 10.0 Å². The van der Waals surface area contributed by atoms with E-state index in [2.05, 4.69) is 0 Å². The van der Waals surface area contributed by atoms with Crippen LogP contribution in [0.4, 0.5) is 5.69 Å². The van der Waals surface area contributed by atoms with E-state index in [1.54, 1.807) is 22.5 Å². The molecule has 3 rings (SSSR count). The van der Waals surface area contributed by atoms with Crippen LogP contribution in [0.25, 0.3) is 0 Å². The van der Waals surface area contributed by atoms with E-state index >= 15 is 0 Å². The Labute approximate surface area is 167 Å². The van der Waals surface area contributed by atoms with Crippen LogP contribution in [0.3, 0.4) is 0 Å². The van der Waals surface area contributed by atoms with E-state index in [4.69, 9.17) is 0 Å². The molecule has 1 aromatic carbocycles. The van der Waals surface area contributed by atoms with E-state index in [1.807, 2.05) is 46.0 Å². The Bertz CT molecular complexity index is 1000. The number of rotatable bonds is 5. The van der Waals surface area contributed by atoms with Crippen LogP contribution in [0.5, 0.6) is 0 Å². The van der Waals surface area contributed by atoms with Gasteiger partial charge in [-0.05, 0) is 58.2 Å². The summed E-state index contributed by atoms with van der Waals surface area (Å²) in [6.45, 7) is 8.98. The van der Waals surface area contributed by atoms with Crippen LogP contribution in [-0.4, -0.2) is 43.4 Å². The third-order valence-corrected chi connectivity index (χ3v) is 7.72. The molecule has 1 amide bonds. The maximum atomic E-state index is 13.7. The fraction of sp³-hybridized carbons (Fsp3) is 0.476. The molecule has 2 aromatic rings. The minimum absolute atomic E-state index is 0.132. The van der Waals surface area contributed by atoms with Gasteiger partial charge in [0, 0.05) is 38.1 Å². The van der Waals surface area contributed by atoms with Crippen LogP contribution in [-0.2, 0) is 17.1 Å². The molecule has 6 nitrogen and oxygen atoms in total. The number of benzene rings is 1. The van der Waals surface area contributed by atoms with Gasteiger partial charge in [-0.15, -0.1) is 0 Å². The van der Waals surface area contributed by atoms with Crippen molar-refractivity contribution in [2.75, 3.05) is 23.9 Å². The lowest BCUT2D eigenvalue weighted by Gasteiger charge is -2.25. The van der Waals surface area contributed by atoms with Crippen molar-refractivity contribution in [1.29, 1.82) is 0 Å². The summed E-state index contributed by atoms with van der Waals surface area (Å²) in [5.74, 6) is -0.183. The van der Waals surface area contributed by atoms with Crippen LogP contribution in [0.15, 0.2) is 29.2 Å². The van der Waals surface area contributed by atoms with Gasteiger partial charge in [0.15, 0.2) is 0 Å². The second-order valence-electron chi connectivity index (χ2n) is 7.44. The Morgan fingerprint density at radius 3 is 2.32 bits per heavy atom. The molecule has 2 heterocycles. The number of aromatic nitrogens is 1. The smallest absolute Gasteiger partial charge is 0.266 e. The number of aryl methyl sites for hydroxylation is 1. The molecule has 0 N–H and O–H groups in total. The molecule has 7 heteroatoms. The van der Waals surface area contributed by atoms with E-state index in [0.29, 0.717) is 35.7 Å². The minimum Gasteiger partial charge on any atom is -0.350 e. The molecule has 0 atom stereocenters. The highest BCUT2D eigenvalue weighted by molar-refractivity contribution is 7.93. The Balaban J connectivity index is 2.18. The van der Waals surface area contributed by atoms with Crippen molar-refractivity contribution in [3.8, 4) is 0 Å². The summed E-state index contributed by atoms with van der Waals surface area (Å²) in [6.07, 6.45) is 1.92. The lowest BCUT2D eigenvalue weighted by Crippen LogP contribution is -2.34. The first-order valence-electron chi connectivity index (χ1n) is 9.74. The van der Waals surface area contributed by atoms with Gasteiger partial charge in [0.2, 0.25) is 0 Å². The summed E-state index contributed by atoms with van der Waals surface area (Å²) in [7, 11) is -2.08. The van der Waals surface area contributed by atoms with Gasteiger partial charge in [-0.3, -0.25) is 9.10 Å². The molecule has 0 spiro atoms. The Hall–Kier alpha value is -2.28. The number of hydrogen-bond donors (Lipinski definition) is 0. The number of carbonyl (C=O) groups is 1. The van der Waals surface area contributed by atoms with E-state index in [1.165, 1.54) is 4.31 Å². The average molecular weight is 404 g/mol. The largest absolute Gasteiger partial charge is 0.350 e. The molecule has 1 aliphatic heterocycles. The van der Waals surface area contributed by atoms with Crippen molar-refractivity contribution in [3.63, 3.8) is 0 Å². The van der Waals surface area contributed by atoms with Crippen LogP contribution in [0, 0.1) is 20.8 Å². The number of likely N-dealkylation sites (tertiary alicyclic amines) is 1. The Morgan fingerprint density at radius 1 is 1.11 bits per heavy atom. The molecule has 1 aliphatic rings. The highest BCUT2D eigenvalue weighted by Crippen LogP contribution is 2.33. The predicted molar refractivity (Wildman–Crippen MR) is 111 cm³/mol. The summed E-state index contributed by atoms with van der Waals surface area (Å²) in [5, 5.41) is 0. The zero-order chi connectivity index (χ0) is 20.6. The highest BCUT2D eigenvalue weighted by atomic mass is 32.2. The molecule has 0 unspecified atom stereocenters. The fourth-order valence-electron chi connectivity index (χ4n) is 3.95. The maximum Gasteiger partial charge on any atom is 0.266 e. The maximum absolute atomic E-state index is 13.7. The van der Waals surface area contributed by atoms with Gasteiger partial charge in [-0.1, -0.05) is 12.1 Å². The average Bonchev–Trinajstić information content (AvgIpc) is 3.25. The zero-order valence-corrected chi connectivity index (χ0v) is 18.1. The number of nitrogens with zero attached hydrogens (tertiary/aromatic N) is 3. The Kier molecular flexibility index (Phi) is 5.57. The summed E-state index contributed by atoms with van der Waals surface area (Å²) in [4.78, 5) is 15.1. The highest BCUT2D eigenvalue weighted by Gasteiger charge is 2.36. The van der Waals surface area contributed by atoms with Gasteiger partial charge in [0.05, 0.1) is 11.3 Å². The lowest BCUT2D eigenvalue weighted by atomic mass is 10.2. The number of amides is 1. The normalized spacial score (nSPS) is 14.5. The lowest BCUT2D eigenvalue weighted by molar-refractivity contribution is 0.0788. The number of hydrogen-bond acceptors (Lipinski definition) is 3. The van der Waals surface area contributed by atoms with Gasteiger partial charge in [-0.2, -0.15) is 0 Å². The second-order valence-corrected chi connectivity index (χ2v) is 9.24. The summed E-state index contributed by atoms with van der Waals surface area (Å²) in [6, 6.07) is 7.43. The van der Waals surface area contributed by atoms with E-state index in [0.717, 1.165) is 18.4 Å². The van der Waals surface area contributed by atoms with Gasteiger partial charge in [0.25, 0.3) is 15.9 Å². The molecule has 0 aliphatic carbocycles. The van der Waals surface area contributed by atoms with Crippen LogP contribution >= 0.6 is 0 Å². The fourth-order valence-corrected chi connectivity index (χ4v) is 5.90. The van der Waals surface area contributed by atoms with Crippen LogP contribution in [0.1, 0.15) is 47.1 Å². The third-order valence-electron chi connectivity index (χ3n) is 5.66. The molecular weight excluding hydrogens is 374 g/mol. The van der Waals surface area contributed by atoms with Crippen LogP contribution < -0.4 is 4.31 Å². The van der Waals surface area contributed by atoms with Crippen molar-refractivity contribution >= 4 is 21.6 Å². The van der Waals surface area contributed by atoms with E-state index in [-0.39, 0.29) is 17.3 Å². The third kappa shape index (κ3) is 3.32. The van der Waals surface area contributed by atoms with Gasteiger partial charge >= 0.3 is 0 Å². The molecule has 0 radical (unpaired) electrons. The predicted octanol–water partition coefficient (Wildman–Crippen LogP) is 3.40. The quantitative estimate of drug-likeness (QED) is 0.769. The zero-order valence-electron chi connectivity index (χ0n) is 17.3. The first-order valence-corrected chi connectivity index (χ1v) is 11.2. The molecule has 1 aromatic heterocycles. The van der Waals surface area contributed by atoms with Crippen LogP contribution in [0.2, 0.25) is 0 Å².